The van der Waals surface area contributed by atoms with Crippen LogP contribution < -0.4 is 5.32 Å². The molecule has 1 amide bonds. The number of aryl methyl sites for hydroxylation is 1. The summed E-state index contributed by atoms with van der Waals surface area (Å²) in [4.78, 5) is 16.5. The van der Waals surface area contributed by atoms with Crippen molar-refractivity contribution in [2.24, 2.45) is 0 Å². The lowest BCUT2D eigenvalue weighted by Crippen LogP contribution is -2.39. The normalized spacial score (nSPS) is 18.4. The monoisotopic (exact) mass is 258 g/mol. The summed E-state index contributed by atoms with van der Waals surface area (Å²) >= 11 is 1.72. The van der Waals surface area contributed by atoms with E-state index in [2.05, 4.69) is 24.4 Å². The van der Waals surface area contributed by atoms with Crippen molar-refractivity contribution >= 4 is 22.9 Å². The molecule has 1 aliphatic rings. The Morgan fingerprint density at radius 3 is 2.72 bits per heavy atom. The molecule has 3 nitrogen and oxygen atoms in total. The highest BCUT2D eigenvalue weighted by atomic mass is 32.1. The quantitative estimate of drug-likeness (QED) is 0.851. The minimum absolute atomic E-state index is 0.0638. The van der Waals surface area contributed by atoms with Crippen LogP contribution in [0.3, 0.4) is 0 Å². The first-order chi connectivity index (χ1) is 8.66. The maximum atomic E-state index is 12.3. The van der Waals surface area contributed by atoms with Crippen LogP contribution in [0.4, 0.5) is 5.69 Å². The zero-order valence-electron chi connectivity index (χ0n) is 10.3. The van der Waals surface area contributed by atoms with Gasteiger partial charge in [-0.15, -0.1) is 11.3 Å². The molecule has 0 fully saturated rings. The van der Waals surface area contributed by atoms with E-state index in [9.17, 15) is 4.79 Å². The number of benzene rings is 1. The van der Waals surface area contributed by atoms with E-state index in [-0.39, 0.29) is 12.1 Å². The Morgan fingerprint density at radius 2 is 2.00 bits per heavy atom. The molecule has 0 unspecified atom stereocenters. The summed E-state index contributed by atoms with van der Waals surface area (Å²) in [6.45, 7) is 2.08. The fraction of sp³-hybridized carbons (Fsp3) is 0.214. The average molecular weight is 258 g/mol. The Labute approximate surface area is 110 Å². The zero-order valence-corrected chi connectivity index (χ0v) is 11.1. The van der Waals surface area contributed by atoms with E-state index < -0.39 is 0 Å². The fourth-order valence-electron chi connectivity index (χ4n) is 2.21. The third-order valence-corrected chi connectivity index (χ3v) is 4.24. The molecule has 1 aromatic heterocycles. The number of hydrogen-bond acceptors (Lipinski definition) is 3. The summed E-state index contributed by atoms with van der Waals surface area (Å²) in [7, 11) is 1.84. The van der Waals surface area contributed by atoms with Crippen LogP contribution in [0, 0.1) is 6.92 Å². The van der Waals surface area contributed by atoms with Crippen molar-refractivity contribution in [1.82, 2.24) is 4.90 Å². The minimum Gasteiger partial charge on any atom is -0.360 e. The third-order valence-electron chi connectivity index (χ3n) is 3.19. The number of carbonyl (C=O) groups is 1. The molecule has 0 saturated carbocycles. The predicted molar refractivity (Wildman–Crippen MR) is 74.0 cm³/mol. The van der Waals surface area contributed by atoms with Gasteiger partial charge in [0.2, 0.25) is 0 Å². The van der Waals surface area contributed by atoms with E-state index in [0.29, 0.717) is 0 Å². The Bertz CT molecular complexity index is 605. The van der Waals surface area contributed by atoms with Gasteiger partial charge in [-0.1, -0.05) is 12.1 Å². The molecule has 1 atom stereocenters. The van der Waals surface area contributed by atoms with Crippen LogP contribution in [0.2, 0.25) is 0 Å². The third kappa shape index (κ3) is 1.69. The van der Waals surface area contributed by atoms with Gasteiger partial charge in [-0.25, -0.2) is 0 Å². The van der Waals surface area contributed by atoms with Crippen LogP contribution in [0.1, 0.15) is 26.3 Å². The van der Waals surface area contributed by atoms with E-state index in [0.717, 1.165) is 16.1 Å². The Balaban J connectivity index is 2.03. The van der Waals surface area contributed by atoms with Crippen molar-refractivity contribution < 1.29 is 4.79 Å². The van der Waals surface area contributed by atoms with Crippen LogP contribution >= 0.6 is 11.3 Å². The van der Waals surface area contributed by atoms with Crippen molar-refractivity contribution in [1.29, 1.82) is 0 Å². The largest absolute Gasteiger partial charge is 0.360 e. The molecule has 0 bridgehead atoms. The van der Waals surface area contributed by atoms with Crippen LogP contribution in [-0.4, -0.2) is 17.9 Å². The smallest absolute Gasteiger partial charge is 0.257 e. The average Bonchev–Trinajstić information content (AvgIpc) is 2.80. The summed E-state index contributed by atoms with van der Waals surface area (Å²) in [6, 6.07) is 11.8. The molecule has 92 valence electrons. The van der Waals surface area contributed by atoms with E-state index in [1.54, 1.807) is 16.2 Å². The standard InChI is InChI=1S/C14H14N2OS/c1-9-7-8-12(18-9)13-15-11-6-4-3-5-10(11)14(17)16(13)2/h3-8,13,15H,1-2H3/t13-/m1/s1. The van der Waals surface area contributed by atoms with Crippen molar-refractivity contribution in [3.05, 3.63) is 51.7 Å². The van der Waals surface area contributed by atoms with Gasteiger partial charge in [-0.2, -0.15) is 0 Å². The summed E-state index contributed by atoms with van der Waals surface area (Å²) in [5, 5.41) is 3.42. The molecule has 0 aliphatic carbocycles. The molecule has 18 heavy (non-hydrogen) atoms. The van der Waals surface area contributed by atoms with Gasteiger partial charge in [0.25, 0.3) is 5.91 Å². The van der Waals surface area contributed by atoms with Gasteiger partial charge >= 0.3 is 0 Å². The number of thiophene rings is 1. The van der Waals surface area contributed by atoms with E-state index in [4.69, 9.17) is 0 Å². The van der Waals surface area contributed by atoms with Gasteiger partial charge in [0.05, 0.1) is 5.56 Å². The summed E-state index contributed by atoms with van der Waals surface area (Å²) in [5.41, 5.74) is 1.65. The van der Waals surface area contributed by atoms with Crippen molar-refractivity contribution in [3.63, 3.8) is 0 Å². The van der Waals surface area contributed by atoms with Gasteiger partial charge in [0.15, 0.2) is 0 Å². The van der Waals surface area contributed by atoms with E-state index in [1.165, 1.54) is 4.88 Å². The first kappa shape index (κ1) is 11.3. The highest BCUT2D eigenvalue weighted by molar-refractivity contribution is 7.12. The van der Waals surface area contributed by atoms with Gasteiger partial charge in [-0.3, -0.25) is 4.79 Å². The number of amides is 1. The lowest BCUT2D eigenvalue weighted by atomic mass is 10.1. The van der Waals surface area contributed by atoms with Gasteiger partial charge in [-0.05, 0) is 31.2 Å². The van der Waals surface area contributed by atoms with Crippen LogP contribution in [-0.2, 0) is 0 Å². The second kappa shape index (κ2) is 4.14. The van der Waals surface area contributed by atoms with Gasteiger partial charge in [0.1, 0.15) is 6.17 Å². The number of nitrogens with one attached hydrogen (secondary N) is 1. The van der Waals surface area contributed by atoms with Gasteiger partial charge in [0, 0.05) is 22.5 Å². The van der Waals surface area contributed by atoms with Crippen LogP contribution in [0.5, 0.6) is 0 Å². The topological polar surface area (TPSA) is 32.3 Å². The van der Waals surface area contributed by atoms with E-state index >= 15 is 0 Å². The molecule has 0 radical (unpaired) electrons. The van der Waals surface area contributed by atoms with Crippen LogP contribution in [0.25, 0.3) is 0 Å². The fourth-order valence-corrected chi connectivity index (χ4v) is 3.18. The van der Waals surface area contributed by atoms with Crippen molar-refractivity contribution in [2.75, 3.05) is 12.4 Å². The Kier molecular flexibility index (Phi) is 2.59. The first-order valence-corrected chi connectivity index (χ1v) is 6.67. The number of hydrogen-bond donors (Lipinski definition) is 1. The first-order valence-electron chi connectivity index (χ1n) is 5.86. The highest BCUT2D eigenvalue weighted by Gasteiger charge is 2.30. The number of para-hydroxylation sites is 1. The van der Waals surface area contributed by atoms with Crippen LogP contribution in [0.15, 0.2) is 36.4 Å². The number of carbonyl (C=O) groups excluding carboxylic acids is 1. The molecule has 1 N–H and O–H groups in total. The molecule has 3 rings (SSSR count). The molecular weight excluding hydrogens is 244 g/mol. The number of anilines is 1. The second-order valence-corrected chi connectivity index (χ2v) is 5.78. The lowest BCUT2D eigenvalue weighted by molar-refractivity contribution is 0.0738. The minimum atomic E-state index is -0.0638. The predicted octanol–water partition coefficient (Wildman–Crippen LogP) is 3.25. The molecule has 2 heterocycles. The molecule has 1 aliphatic heterocycles. The summed E-state index contributed by atoms with van der Waals surface area (Å²) < 4.78 is 0. The molecule has 0 spiro atoms. The molecule has 1 aromatic carbocycles. The Hall–Kier alpha value is -1.81. The number of nitrogens with zero attached hydrogens (tertiary/aromatic N) is 1. The Morgan fingerprint density at radius 1 is 1.22 bits per heavy atom. The maximum Gasteiger partial charge on any atom is 0.257 e. The maximum absolute atomic E-state index is 12.3. The lowest BCUT2D eigenvalue weighted by Gasteiger charge is -2.34. The SMILES string of the molecule is Cc1ccc([C@@H]2Nc3ccccc3C(=O)N2C)s1. The highest BCUT2D eigenvalue weighted by Crippen LogP contribution is 2.34. The molecule has 2 aromatic rings. The second-order valence-electron chi connectivity index (χ2n) is 4.46. The van der Waals surface area contributed by atoms with Crippen molar-refractivity contribution in [3.8, 4) is 0 Å². The molecule has 0 saturated heterocycles. The zero-order chi connectivity index (χ0) is 12.7. The number of fused-ring (bicyclic) bond motifs is 1. The van der Waals surface area contributed by atoms with E-state index in [1.807, 2.05) is 31.3 Å². The summed E-state index contributed by atoms with van der Waals surface area (Å²) in [5.74, 6) is 0.0698. The molecular formula is C14H14N2OS. The number of rotatable bonds is 1. The molecule has 4 heteroatoms. The van der Waals surface area contributed by atoms with Crippen molar-refractivity contribution in [2.45, 2.75) is 13.1 Å². The summed E-state index contributed by atoms with van der Waals surface area (Å²) in [6.07, 6.45) is -0.0638. The van der Waals surface area contributed by atoms with Gasteiger partial charge < -0.3 is 10.2 Å².